The Labute approximate surface area is 166 Å². The number of aliphatic carboxylic acids is 1. The van der Waals surface area contributed by atoms with Gasteiger partial charge in [0, 0.05) is 12.6 Å². The average Bonchev–Trinajstić information content (AvgIpc) is 2.56. The molecule has 28 heavy (non-hydrogen) atoms. The topological polar surface area (TPSA) is 95.9 Å². The van der Waals surface area contributed by atoms with Crippen molar-refractivity contribution in [2.45, 2.75) is 71.7 Å². The number of rotatable bonds is 5. The Bertz CT molecular complexity index is 739. The van der Waals surface area contributed by atoms with Crippen LogP contribution in [-0.4, -0.2) is 45.7 Å². The van der Waals surface area contributed by atoms with Gasteiger partial charge >= 0.3 is 12.1 Å². The molecule has 0 aromatic heterocycles. The number of benzene rings is 1. The number of amides is 2. The normalized spacial score (nSPS) is 17.6. The van der Waals surface area contributed by atoms with E-state index >= 15 is 0 Å². The second-order valence-electron chi connectivity index (χ2n) is 8.56. The third-order valence-electron chi connectivity index (χ3n) is 4.65. The molecule has 7 nitrogen and oxygen atoms in total. The lowest BCUT2D eigenvalue weighted by atomic mass is 9.90. The van der Waals surface area contributed by atoms with E-state index < -0.39 is 29.7 Å². The van der Waals surface area contributed by atoms with Crippen LogP contribution in [-0.2, 0) is 27.3 Å². The van der Waals surface area contributed by atoms with Crippen LogP contribution < -0.4 is 5.32 Å². The van der Waals surface area contributed by atoms with Gasteiger partial charge in [0.1, 0.15) is 11.6 Å². The van der Waals surface area contributed by atoms with Gasteiger partial charge < -0.3 is 20.1 Å². The SMILES string of the molecule is CC(C)[C@H](NC(=O)OC(C)(C)C)C(=O)N1Cc2ccccc2C[C@@H]1CC(=O)O. The number of hydrogen-bond donors (Lipinski definition) is 2. The van der Waals surface area contributed by atoms with Crippen LogP contribution >= 0.6 is 0 Å². The molecule has 0 fully saturated rings. The van der Waals surface area contributed by atoms with Gasteiger partial charge in [-0.1, -0.05) is 38.1 Å². The van der Waals surface area contributed by atoms with Gasteiger partial charge in [-0.25, -0.2) is 4.79 Å². The van der Waals surface area contributed by atoms with E-state index in [1.165, 1.54) is 0 Å². The average molecular weight is 390 g/mol. The largest absolute Gasteiger partial charge is 0.481 e. The molecule has 1 aromatic carbocycles. The van der Waals surface area contributed by atoms with Gasteiger partial charge in [-0.15, -0.1) is 0 Å². The van der Waals surface area contributed by atoms with Crippen LogP contribution in [0.5, 0.6) is 0 Å². The Kier molecular flexibility index (Phi) is 6.69. The number of nitrogens with zero attached hydrogens (tertiary/aromatic N) is 1. The molecule has 1 aliphatic rings. The molecule has 7 heteroatoms. The predicted octanol–water partition coefficient (Wildman–Crippen LogP) is 2.96. The summed E-state index contributed by atoms with van der Waals surface area (Å²) < 4.78 is 5.29. The number of carboxylic acids is 1. The lowest BCUT2D eigenvalue weighted by molar-refractivity contribution is -0.143. The van der Waals surface area contributed by atoms with E-state index in [0.29, 0.717) is 13.0 Å². The molecule has 0 unspecified atom stereocenters. The summed E-state index contributed by atoms with van der Waals surface area (Å²) in [5, 5.41) is 12.0. The van der Waals surface area contributed by atoms with E-state index in [1.807, 2.05) is 38.1 Å². The van der Waals surface area contributed by atoms with Crippen LogP contribution in [0.25, 0.3) is 0 Å². The standard InChI is InChI=1S/C21H30N2O5/c1-13(2)18(22-20(27)28-21(3,4)5)19(26)23-12-15-9-7-6-8-14(15)10-16(23)11-17(24)25/h6-9,13,16,18H,10-12H2,1-5H3,(H,22,27)(H,24,25)/t16-,18+/m1/s1. The zero-order valence-electron chi connectivity index (χ0n) is 17.2. The van der Waals surface area contributed by atoms with Crippen LogP contribution in [0.2, 0.25) is 0 Å². The number of ether oxygens (including phenoxy) is 1. The molecule has 1 aromatic rings. The fourth-order valence-electron chi connectivity index (χ4n) is 3.36. The van der Waals surface area contributed by atoms with Crippen LogP contribution in [0.3, 0.4) is 0 Å². The second-order valence-corrected chi connectivity index (χ2v) is 8.56. The summed E-state index contributed by atoms with van der Waals surface area (Å²) in [4.78, 5) is 38.5. The molecule has 2 N–H and O–H groups in total. The maximum atomic E-state index is 13.3. The van der Waals surface area contributed by atoms with E-state index in [1.54, 1.807) is 25.7 Å². The summed E-state index contributed by atoms with van der Waals surface area (Å²) in [6.07, 6.45) is -0.324. The van der Waals surface area contributed by atoms with Crippen molar-refractivity contribution < 1.29 is 24.2 Å². The zero-order valence-corrected chi connectivity index (χ0v) is 17.2. The van der Waals surface area contributed by atoms with Crippen molar-refractivity contribution in [2.24, 2.45) is 5.92 Å². The fraction of sp³-hybridized carbons (Fsp3) is 0.571. The second kappa shape index (κ2) is 8.63. The Morgan fingerprint density at radius 1 is 1.21 bits per heavy atom. The van der Waals surface area contributed by atoms with Crippen LogP contribution in [0.15, 0.2) is 24.3 Å². The highest BCUT2D eigenvalue weighted by atomic mass is 16.6. The molecule has 0 saturated heterocycles. The van der Waals surface area contributed by atoms with Gasteiger partial charge in [-0.2, -0.15) is 0 Å². The van der Waals surface area contributed by atoms with Crippen LogP contribution in [0.4, 0.5) is 4.79 Å². The Balaban J connectivity index is 2.25. The van der Waals surface area contributed by atoms with Gasteiger partial charge in [-0.3, -0.25) is 9.59 Å². The molecule has 2 atom stereocenters. The molecule has 1 aliphatic heterocycles. The van der Waals surface area contributed by atoms with E-state index in [2.05, 4.69) is 5.32 Å². The lowest BCUT2D eigenvalue weighted by Gasteiger charge is -2.39. The monoisotopic (exact) mass is 390 g/mol. The molecule has 0 spiro atoms. The number of carboxylic acid groups (broad SMARTS) is 1. The zero-order chi connectivity index (χ0) is 21.1. The van der Waals surface area contributed by atoms with Crippen molar-refractivity contribution in [3.05, 3.63) is 35.4 Å². The van der Waals surface area contributed by atoms with E-state index in [-0.39, 0.29) is 18.2 Å². The summed E-state index contributed by atoms with van der Waals surface area (Å²) in [5.74, 6) is -1.42. The van der Waals surface area contributed by atoms with Crippen molar-refractivity contribution in [3.63, 3.8) is 0 Å². The summed E-state index contributed by atoms with van der Waals surface area (Å²) >= 11 is 0. The summed E-state index contributed by atoms with van der Waals surface area (Å²) in [6.45, 7) is 9.26. The minimum absolute atomic E-state index is 0.142. The summed E-state index contributed by atoms with van der Waals surface area (Å²) in [5.41, 5.74) is 1.38. The third-order valence-corrected chi connectivity index (χ3v) is 4.65. The van der Waals surface area contributed by atoms with Crippen LogP contribution in [0, 0.1) is 5.92 Å². The highest BCUT2D eigenvalue weighted by Gasteiger charge is 2.37. The van der Waals surface area contributed by atoms with Crippen molar-refractivity contribution in [2.75, 3.05) is 0 Å². The van der Waals surface area contributed by atoms with E-state index in [0.717, 1.165) is 11.1 Å². The van der Waals surface area contributed by atoms with Crippen molar-refractivity contribution in [3.8, 4) is 0 Å². The molecule has 0 radical (unpaired) electrons. The molecule has 0 aliphatic carbocycles. The number of nitrogens with one attached hydrogen (secondary N) is 1. The van der Waals surface area contributed by atoms with Crippen LogP contribution in [0.1, 0.15) is 52.2 Å². The number of fused-ring (bicyclic) bond motifs is 1. The lowest BCUT2D eigenvalue weighted by Crippen LogP contribution is -2.56. The highest BCUT2D eigenvalue weighted by Crippen LogP contribution is 2.26. The molecule has 154 valence electrons. The molecule has 0 bridgehead atoms. The van der Waals surface area contributed by atoms with Gasteiger partial charge in [0.05, 0.1) is 6.42 Å². The van der Waals surface area contributed by atoms with Crippen molar-refractivity contribution in [1.29, 1.82) is 0 Å². The maximum Gasteiger partial charge on any atom is 0.408 e. The maximum absolute atomic E-state index is 13.3. The number of hydrogen-bond acceptors (Lipinski definition) is 4. The van der Waals surface area contributed by atoms with E-state index in [4.69, 9.17) is 4.74 Å². The highest BCUT2D eigenvalue weighted by molar-refractivity contribution is 5.87. The Morgan fingerprint density at radius 2 is 1.82 bits per heavy atom. The first kappa shape index (κ1) is 21.7. The third kappa shape index (κ3) is 5.71. The quantitative estimate of drug-likeness (QED) is 0.806. The molecule has 0 saturated carbocycles. The minimum atomic E-state index is -0.955. The molecule has 2 amide bonds. The van der Waals surface area contributed by atoms with Crippen molar-refractivity contribution >= 4 is 18.0 Å². The first-order valence-electron chi connectivity index (χ1n) is 9.56. The van der Waals surface area contributed by atoms with Gasteiger partial charge in [0.25, 0.3) is 0 Å². The van der Waals surface area contributed by atoms with Gasteiger partial charge in [-0.05, 0) is 44.2 Å². The number of carbonyl (C=O) groups is 3. The first-order valence-corrected chi connectivity index (χ1v) is 9.56. The summed E-state index contributed by atoms with van der Waals surface area (Å²) in [7, 11) is 0. The summed E-state index contributed by atoms with van der Waals surface area (Å²) in [6, 6.07) is 6.47. The molecular weight excluding hydrogens is 360 g/mol. The predicted molar refractivity (Wildman–Crippen MR) is 105 cm³/mol. The molecular formula is C21H30N2O5. The Morgan fingerprint density at radius 3 is 2.36 bits per heavy atom. The number of carbonyl (C=O) groups excluding carboxylic acids is 2. The van der Waals surface area contributed by atoms with Gasteiger partial charge in [0.15, 0.2) is 0 Å². The molecule has 2 rings (SSSR count). The van der Waals surface area contributed by atoms with Crippen molar-refractivity contribution in [1.82, 2.24) is 10.2 Å². The fourth-order valence-corrected chi connectivity index (χ4v) is 3.36. The number of alkyl carbamates (subject to hydrolysis) is 1. The minimum Gasteiger partial charge on any atom is -0.481 e. The smallest absolute Gasteiger partial charge is 0.408 e. The van der Waals surface area contributed by atoms with E-state index in [9.17, 15) is 19.5 Å². The Hall–Kier alpha value is -2.57. The first-order chi connectivity index (χ1) is 13.0. The van der Waals surface area contributed by atoms with Gasteiger partial charge in [0.2, 0.25) is 5.91 Å². The molecule has 1 heterocycles.